The number of halogens is 1. The zero-order valence-corrected chi connectivity index (χ0v) is 14.7. The van der Waals surface area contributed by atoms with Gasteiger partial charge in [0, 0.05) is 29.6 Å². The maximum absolute atomic E-state index is 6.14. The van der Waals surface area contributed by atoms with Gasteiger partial charge in [-0.25, -0.2) is 0 Å². The van der Waals surface area contributed by atoms with Gasteiger partial charge in [0.15, 0.2) is 0 Å². The first kappa shape index (κ1) is 15.2. The van der Waals surface area contributed by atoms with E-state index in [1.807, 2.05) is 0 Å². The number of thiophene rings is 1. The van der Waals surface area contributed by atoms with Crippen LogP contribution in [0, 0.1) is 6.92 Å². The Morgan fingerprint density at radius 2 is 2.19 bits per heavy atom. The zero-order chi connectivity index (χ0) is 14.8. The Labute approximate surface area is 139 Å². The molecule has 0 spiro atoms. The summed E-state index contributed by atoms with van der Waals surface area (Å²) in [7, 11) is 0. The largest absolute Gasteiger partial charge is 0.329 e. The fourth-order valence-electron chi connectivity index (χ4n) is 2.83. The minimum Gasteiger partial charge on any atom is -0.329 e. The first-order chi connectivity index (χ1) is 10.2. The molecule has 0 aliphatic heterocycles. The average Bonchev–Trinajstić information content (AvgIpc) is 3.20. The van der Waals surface area contributed by atoms with E-state index in [0.717, 1.165) is 11.0 Å². The molecule has 1 unspecified atom stereocenters. The first-order valence-corrected chi connectivity index (χ1v) is 9.15. The molecule has 4 heteroatoms. The van der Waals surface area contributed by atoms with Crippen LogP contribution in [0.3, 0.4) is 0 Å². The number of aryl methyl sites for hydroxylation is 1. The molecule has 2 N–H and O–H groups in total. The van der Waals surface area contributed by atoms with Crippen molar-refractivity contribution in [1.29, 1.82) is 0 Å². The Bertz CT molecular complexity index is 593. The van der Waals surface area contributed by atoms with Crippen molar-refractivity contribution in [2.24, 2.45) is 5.73 Å². The van der Waals surface area contributed by atoms with Crippen molar-refractivity contribution in [1.82, 2.24) is 4.90 Å². The Morgan fingerprint density at radius 1 is 1.38 bits per heavy atom. The Kier molecular flexibility index (Phi) is 4.79. The Morgan fingerprint density at radius 3 is 2.76 bits per heavy atom. The summed E-state index contributed by atoms with van der Waals surface area (Å²) in [6.07, 6.45) is 2.60. The number of hydrogen-bond acceptors (Lipinski definition) is 3. The van der Waals surface area contributed by atoms with Gasteiger partial charge in [-0.2, -0.15) is 11.3 Å². The maximum Gasteiger partial charge on any atom is 0.0477 e. The van der Waals surface area contributed by atoms with E-state index < -0.39 is 0 Å². The predicted octanol–water partition coefficient (Wildman–Crippen LogP) is 4.48. The molecule has 1 atom stereocenters. The van der Waals surface area contributed by atoms with Crippen LogP contribution in [0.5, 0.6) is 0 Å². The summed E-state index contributed by atoms with van der Waals surface area (Å²) in [6.45, 7) is 3.81. The summed E-state index contributed by atoms with van der Waals surface area (Å²) in [6, 6.07) is 9.85. The number of rotatable bonds is 6. The molecule has 0 bridgehead atoms. The van der Waals surface area contributed by atoms with Gasteiger partial charge in [-0.15, -0.1) is 0 Å². The molecule has 1 fully saturated rings. The highest BCUT2D eigenvalue weighted by atomic mass is 79.9. The van der Waals surface area contributed by atoms with Crippen LogP contribution < -0.4 is 5.73 Å². The van der Waals surface area contributed by atoms with Gasteiger partial charge in [0.2, 0.25) is 0 Å². The Balaban J connectivity index is 1.86. The third-order valence-corrected chi connectivity index (χ3v) is 5.77. The van der Waals surface area contributed by atoms with Crippen LogP contribution in [0.2, 0.25) is 0 Å². The van der Waals surface area contributed by atoms with Gasteiger partial charge in [0.05, 0.1) is 0 Å². The molecule has 1 aromatic heterocycles. The lowest BCUT2D eigenvalue weighted by atomic mass is 10.0. The number of benzene rings is 1. The van der Waals surface area contributed by atoms with E-state index in [4.69, 9.17) is 5.73 Å². The second kappa shape index (κ2) is 6.61. The molecule has 3 rings (SSSR count). The second-order valence-electron chi connectivity index (χ2n) is 5.80. The summed E-state index contributed by atoms with van der Waals surface area (Å²) in [5, 5.41) is 4.40. The maximum atomic E-state index is 6.14. The van der Waals surface area contributed by atoms with Crippen molar-refractivity contribution in [3.05, 3.63) is 56.2 Å². The molecule has 0 amide bonds. The summed E-state index contributed by atoms with van der Waals surface area (Å²) in [4.78, 5) is 2.59. The number of hydrogen-bond donors (Lipinski definition) is 1. The molecule has 1 heterocycles. The van der Waals surface area contributed by atoms with Crippen molar-refractivity contribution in [2.75, 3.05) is 6.54 Å². The normalized spacial score (nSPS) is 16.4. The summed E-state index contributed by atoms with van der Waals surface area (Å²) in [5.41, 5.74) is 10.1. The van der Waals surface area contributed by atoms with E-state index in [2.05, 4.69) is 62.8 Å². The van der Waals surface area contributed by atoms with Crippen molar-refractivity contribution in [3.8, 4) is 0 Å². The molecule has 1 aromatic carbocycles. The lowest BCUT2D eigenvalue weighted by Crippen LogP contribution is -2.35. The van der Waals surface area contributed by atoms with Crippen LogP contribution in [-0.4, -0.2) is 17.5 Å². The van der Waals surface area contributed by atoms with Gasteiger partial charge >= 0.3 is 0 Å². The van der Waals surface area contributed by atoms with Crippen LogP contribution in [-0.2, 0) is 6.54 Å². The molecule has 2 nitrogen and oxygen atoms in total. The van der Waals surface area contributed by atoms with Gasteiger partial charge < -0.3 is 5.73 Å². The highest BCUT2D eigenvalue weighted by Crippen LogP contribution is 2.36. The molecular weight excluding hydrogens is 344 g/mol. The molecule has 112 valence electrons. The zero-order valence-electron chi connectivity index (χ0n) is 12.3. The van der Waals surface area contributed by atoms with Gasteiger partial charge in [0.1, 0.15) is 0 Å². The second-order valence-corrected chi connectivity index (χ2v) is 7.43. The van der Waals surface area contributed by atoms with Crippen molar-refractivity contribution in [3.63, 3.8) is 0 Å². The first-order valence-electron chi connectivity index (χ1n) is 7.42. The van der Waals surface area contributed by atoms with Crippen molar-refractivity contribution < 1.29 is 0 Å². The molecule has 2 aromatic rings. The molecule has 0 saturated heterocycles. The lowest BCUT2D eigenvalue weighted by molar-refractivity contribution is 0.182. The lowest BCUT2D eigenvalue weighted by Gasteiger charge is -2.31. The molecule has 1 aliphatic rings. The van der Waals surface area contributed by atoms with E-state index in [1.165, 1.54) is 29.5 Å². The van der Waals surface area contributed by atoms with E-state index >= 15 is 0 Å². The fraction of sp³-hybridized carbons (Fsp3) is 0.412. The van der Waals surface area contributed by atoms with Crippen LogP contribution in [0.15, 0.2) is 39.5 Å². The van der Waals surface area contributed by atoms with Gasteiger partial charge in [-0.3, -0.25) is 4.90 Å². The number of nitrogens with two attached hydrogens (primary N) is 1. The quantitative estimate of drug-likeness (QED) is 0.818. The SMILES string of the molecule is Cc1cc(C(CN)N(Cc2ccsc2)C2CC2)ccc1Br. The highest BCUT2D eigenvalue weighted by molar-refractivity contribution is 9.10. The minimum atomic E-state index is 0.309. The van der Waals surface area contributed by atoms with E-state index in [9.17, 15) is 0 Å². The van der Waals surface area contributed by atoms with Gasteiger partial charge in [-0.1, -0.05) is 28.1 Å². The van der Waals surface area contributed by atoms with E-state index in [0.29, 0.717) is 18.6 Å². The molecule has 1 aliphatic carbocycles. The molecular formula is C17H21BrN2S. The topological polar surface area (TPSA) is 29.3 Å². The number of nitrogens with zero attached hydrogens (tertiary/aromatic N) is 1. The molecule has 1 saturated carbocycles. The average molecular weight is 365 g/mol. The van der Waals surface area contributed by atoms with Gasteiger partial charge in [0.25, 0.3) is 0 Å². The van der Waals surface area contributed by atoms with Crippen LogP contribution in [0.4, 0.5) is 0 Å². The summed E-state index contributed by atoms with van der Waals surface area (Å²) < 4.78 is 1.16. The van der Waals surface area contributed by atoms with E-state index in [-0.39, 0.29) is 0 Å². The smallest absolute Gasteiger partial charge is 0.0477 e. The predicted molar refractivity (Wildman–Crippen MR) is 93.6 cm³/mol. The van der Waals surface area contributed by atoms with Crippen molar-refractivity contribution >= 4 is 27.3 Å². The van der Waals surface area contributed by atoms with E-state index in [1.54, 1.807) is 11.3 Å². The van der Waals surface area contributed by atoms with Crippen LogP contribution >= 0.6 is 27.3 Å². The molecule has 0 radical (unpaired) electrons. The summed E-state index contributed by atoms with van der Waals surface area (Å²) in [5.74, 6) is 0. The van der Waals surface area contributed by atoms with Crippen molar-refractivity contribution in [2.45, 2.75) is 38.4 Å². The third kappa shape index (κ3) is 3.57. The highest BCUT2D eigenvalue weighted by Gasteiger charge is 2.34. The Hall–Kier alpha value is -0.680. The standard InChI is InChI=1S/C17H21BrN2S/c1-12-8-14(2-5-16(12)18)17(9-19)20(15-3-4-15)10-13-6-7-21-11-13/h2,5-8,11,15,17H,3-4,9-10,19H2,1H3. The minimum absolute atomic E-state index is 0.309. The van der Waals surface area contributed by atoms with Crippen LogP contribution in [0.25, 0.3) is 0 Å². The van der Waals surface area contributed by atoms with Gasteiger partial charge in [-0.05, 0) is 59.3 Å². The monoisotopic (exact) mass is 364 g/mol. The molecule has 21 heavy (non-hydrogen) atoms. The summed E-state index contributed by atoms with van der Waals surface area (Å²) >= 11 is 5.35. The van der Waals surface area contributed by atoms with Crippen LogP contribution in [0.1, 0.15) is 35.6 Å². The third-order valence-electron chi connectivity index (χ3n) is 4.15. The fourth-order valence-corrected chi connectivity index (χ4v) is 3.74.